The Bertz CT molecular complexity index is 498. The standard InChI is InChI=1S/C17H23FO2/c1-3-13-5-4-8-17(10-13,16(19)20)11-14-6-7-15(18)9-12(14)2/h6-7,9,13H,3-5,8,10-11H2,1-2H3,(H,19,20). The predicted octanol–water partition coefficient (Wildman–Crippen LogP) is 4.35. The summed E-state index contributed by atoms with van der Waals surface area (Å²) in [6.45, 7) is 3.99. The third-order valence-electron chi connectivity index (χ3n) is 4.81. The Labute approximate surface area is 120 Å². The van der Waals surface area contributed by atoms with Gasteiger partial charge in [0.15, 0.2) is 0 Å². The molecule has 2 atom stereocenters. The van der Waals surface area contributed by atoms with E-state index in [1.165, 1.54) is 12.1 Å². The van der Waals surface area contributed by atoms with E-state index in [1.54, 1.807) is 6.07 Å². The molecule has 1 N–H and O–H groups in total. The molecule has 0 spiro atoms. The van der Waals surface area contributed by atoms with Gasteiger partial charge in [0, 0.05) is 0 Å². The van der Waals surface area contributed by atoms with Gasteiger partial charge in [0.1, 0.15) is 5.82 Å². The summed E-state index contributed by atoms with van der Waals surface area (Å²) in [4.78, 5) is 11.8. The molecule has 0 radical (unpaired) electrons. The van der Waals surface area contributed by atoms with Crippen molar-refractivity contribution in [3.8, 4) is 0 Å². The van der Waals surface area contributed by atoms with Gasteiger partial charge in [-0.25, -0.2) is 4.39 Å². The van der Waals surface area contributed by atoms with E-state index in [-0.39, 0.29) is 5.82 Å². The fourth-order valence-electron chi connectivity index (χ4n) is 3.49. The normalized spacial score (nSPS) is 26.4. The summed E-state index contributed by atoms with van der Waals surface area (Å²) in [5.74, 6) is -0.453. The fourth-order valence-corrected chi connectivity index (χ4v) is 3.49. The Balaban J connectivity index is 2.27. The summed E-state index contributed by atoms with van der Waals surface area (Å²) in [7, 11) is 0. The minimum atomic E-state index is -0.695. The number of aryl methyl sites for hydroxylation is 1. The summed E-state index contributed by atoms with van der Waals surface area (Å²) in [6, 6.07) is 4.66. The molecule has 2 nitrogen and oxygen atoms in total. The maximum absolute atomic E-state index is 13.2. The highest BCUT2D eigenvalue weighted by Crippen LogP contribution is 2.43. The average Bonchev–Trinajstić information content (AvgIpc) is 2.42. The largest absolute Gasteiger partial charge is 0.481 e. The first-order chi connectivity index (χ1) is 9.47. The highest BCUT2D eigenvalue weighted by molar-refractivity contribution is 5.75. The third-order valence-corrected chi connectivity index (χ3v) is 4.81. The van der Waals surface area contributed by atoms with Gasteiger partial charge in [0.05, 0.1) is 5.41 Å². The lowest BCUT2D eigenvalue weighted by Gasteiger charge is -2.38. The van der Waals surface area contributed by atoms with Crippen molar-refractivity contribution >= 4 is 5.97 Å². The van der Waals surface area contributed by atoms with Crippen LogP contribution >= 0.6 is 0 Å². The van der Waals surface area contributed by atoms with Gasteiger partial charge in [0.25, 0.3) is 0 Å². The van der Waals surface area contributed by atoms with E-state index in [0.717, 1.165) is 43.2 Å². The minimum Gasteiger partial charge on any atom is -0.481 e. The molecule has 2 rings (SSSR count). The summed E-state index contributed by atoms with van der Waals surface area (Å²) in [5, 5.41) is 9.73. The Morgan fingerprint density at radius 2 is 2.25 bits per heavy atom. The maximum atomic E-state index is 13.2. The van der Waals surface area contributed by atoms with Gasteiger partial charge >= 0.3 is 5.97 Å². The zero-order chi connectivity index (χ0) is 14.8. The molecule has 0 saturated heterocycles. The molecular weight excluding hydrogens is 255 g/mol. The second kappa shape index (κ2) is 5.94. The number of carboxylic acids is 1. The number of halogens is 1. The highest BCUT2D eigenvalue weighted by Gasteiger charge is 2.42. The van der Waals surface area contributed by atoms with Gasteiger partial charge in [-0.2, -0.15) is 0 Å². The first-order valence-electron chi connectivity index (χ1n) is 7.45. The van der Waals surface area contributed by atoms with E-state index in [0.29, 0.717) is 12.3 Å². The van der Waals surface area contributed by atoms with Crippen molar-refractivity contribution in [2.75, 3.05) is 0 Å². The molecule has 1 saturated carbocycles. The average molecular weight is 278 g/mol. The first-order valence-corrected chi connectivity index (χ1v) is 7.45. The van der Waals surface area contributed by atoms with Gasteiger partial charge in [-0.1, -0.05) is 32.3 Å². The number of carboxylic acid groups (broad SMARTS) is 1. The van der Waals surface area contributed by atoms with E-state index >= 15 is 0 Å². The number of hydrogen-bond acceptors (Lipinski definition) is 1. The Morgan fingerprint density at radius 1 is 1.50 bits per heavy atom. The highest BCUT2D eigenvalue weighted by atomic mass is 19.1. The molecule has 3 heteroatoms. The molecule has 2 unspecified atom stereocenters. The fraction of sp³-hybridized carbons (Fsp3) is 0.588. The first kappa shape index (κ1) is 15.0. The van der Waals surface area contributed by atoms with Gasteiger partial charge in [-0.15, -0.1) is 0 Å². The Hall–Kier alpha value is -1.38. The predicted molar refractivity (Wildman–Crippen MR) is 77.2 cm³/mol. The van der Waals surface area contributed by atoms with Crippen LogP contribution in [0, 0.1) is 24.1 Å². The molecule has 0 bridgehead atoms. The van der Waals surface area contributed by atoms with Crippen LogP contribution in [-0.4, -0.2) is 11.1 Å². The van der Waals surface area contributed by atoms with Crippen LogP contribution in [0.1, 0.15) is 50.2 Å². The molecule has 1 aliphatic rings. The molecular formula is C17H23FO2. The zero-order valence-corrected chi connectivity index (χ0v) is 12.3. The van der Waals surface area contributed by atoms with Crippen molar-refractivity contribution in [3.63, 3.8) is 0 Å². The number of rotatable bonds is 4. The van der Waals surface area contributed by atoms with E-state index in [4.69, 9.17) is 0 Å². The molecule has 0 aromatic heterocycles. The molecule has 1 aromatic rings. The Kier molecular flexibility index (Phi) is 4.46. The monoisotopic (exact) mass is 278 g/mol. The van der Waals surface area contributed by atoms with Crippen LogP contribution in [0.25, 0.3) is 0 Å². The molecule has 1 fully saturated rings. The van der Waals surface area contributed by atoms with Crippen molar-refractivity contribution < 1.29 is 14.3 Å². The number of benzene rings is 1. The van der Waals surface area contributed by atoms with Crippen molar-refractivity contribution in [1.82, 2.24) is 0 Å². The molecule has 110 valence electrons. The molecule has 0 heterocycles. The molecule has 1 aromatic carbocycles. The Morgan fingerprint density at radius 3 is 2.85 bits per heavy atom. The van der Waals surface area contributed by atoms with Gasteiger partial charge < -0.3 is 5.11 Å². The van der Waals surface area contributed by atoms with Crippen LogP contribution in [-0.2, 0) is 11.2 Å². The van der Waals surface area contributed by atoms with E-state index in [9.17, 15) is 14.3 Å². The summed E-state index contributed by atoms with van der Waals surface area (Å²) < 4.78 is 13.2. The van der Waals surface area contributed by atoms with Crippen molar-refractivity contribution in [1.29, 1.82) is 0 Å². The lowest BCUT2D eigenvalue weighted by molar-refractivity contribution is -0.152. The van der Waals surface area contributed by atoms with Crippen LogP contribution < -0.4 is 0 Å². The minimum absolute atomic E-state index is 0.259. The van der Waals surface area contributed by atoms with E-state index in [1.807, 2.05) is 6.92 Å². The van der Waals surface area contributed by atoms with Gasteiger partial charge in [-0.05, 0) is 55.4 Å². The van der Waals surface area contributed by atoms with Crippen LogP contribution in [0.2, 0.25) is 0 Å². The lowest BCUT2D eigenvalue weighted by Crippen LogP contribution is -2.38. The van der Waals surface area contributed by atoms with Crippen LogP contribution in [0.15, 0.2) is 18.2 Å². The van der Waals surface area contributed by atoms with Crippen molar-refractivity contribution in [2.45, 2.75) is 52.4 Å². The molecule has 1 aliphatic carbocycles. The van der Waals surface area contributed by atoms with Crippen molar-refractivity contribution in [3.05, 3.63) is 35.1 Å². The maximum Gasteiger partial charge on any atom is 0.309 e. The van der Waals surface area contributed by atoms with E-state index < -0.39 is 11.4 Å². The number of carbonyl (C=O) groups is 1. The second-order valence-corrected chi connectivity index (χ2v) is 6.20. The second-order valence-electron chi connectivity index (χ2n) is 6.20. The van der Waals surface area contributed by atoms with Crippen LogP contribution in [0.5, 0.6) is 0 Å². The smallest absolute Gasteiger partial charge is 0.309 e. The summed E-state index contributed by atoms with van der Waals surface area (Å²) in [6.07, 6.45) is 5.15. The van der Waals surface area contributed by atoms with E-state index in [2.05, 4.69) is 6.92 Å². The zero-order valence-electron chi connectivity index (χ0n) is 12.3. The molecule has 0 aliphatic heterocycles. The quantitative estimate of drug-likeness (QED) is 0.889. The topological polar surface area (TPSA) is 37.3 Å². The molecule has 0 amide bonds. The van der Waals surface area contributed by atoms with Crippen LogP contribution in [0.3, 0.4) is 0 Å². The summed E-state index contributed by atoms with van der Waals surface area (Å²) in [5.41, 5.74) is 1.15. The van der Waals surface area contributed by atoms with Crippen molar-refractivity contribution in [2.24, 2.45) is 11.3 Å². The van der Waals surface area contributed by atoms with Gasteiger partial charge in [0.2, 0.25) is 0 Å². The molecule has 20 heavy (non-hydrogen) atoms. The van der Waals surface area contributed by atoms with Crippen LogP contribution in [0.4, 0.5) is 4.39 Å². The third kappa shape index (κ3) is 3.02. The van der Waals surface area contributed by atoms with Gasteiger partial charge in [-0.3, -0.25) is 4.79 Å². The number of hydrogen-bond donors (Lipinski definition) is 1. The summed E-state index contributed by atoms with van der Waals surface area (Å²) >= 11 is 0. The lowest BCUT2D eigenvalue weighted by atomic mass is 9.66. The SMILES string of the molecule is CCC1CCCC(Cc2ccc(F)cc2C)(C(=O)O)C1. The number of aliphatic carboxylic acids is 1.